The molecule has 2 saturated heterocycles. The summed E-state index contributed by atoms with van der Waals surface area (Å²) in [4.78, 5) is 142. The Balaban J connectivity index is 1.98. The van der Waals surface area contributed by atoms with Gasteiger partial charge in [0.1, 0.15) is 36.3 Å². The van der Waals surface area contributed by atoms with Gasteiger partial charge in [0.05, 0.1) is 31.8 Å². The fourth-order valence-electron chi connectivity index (χ4n) is 7.32. The number of aliphatic hydroxyl groups is 1. The summed E-state index contributed by atoms with van der Waals surface area (Å²) < 4.78 is 0. The molecule has 0 aliphatic carbocycles. The largest absolute Gasteiger partial charge is 0.480 e. The van der Waals surface area contributed by atoms with Crippen LogP contribution < -0.4 is 53.6 Å². The van der Waals surface area contributed by atoms with Crippen molar-refractivity contribution in [2.45, 2.75) is 148 Å². The molecule has 0 bridgehead atoms. The molecule has 24 heteroatoms. The Morgan fingerprint density at radius 3 is 1.71 bits per heavy atom. The molecule has 0 aromatic carbocycles. The number of nitrogens with zero attached hydrogens (tertiary/aromatic N) is 1. The Bertz CT molecular complexity index is 1760. The smallest absolute Gasteiger partial charge is 0.326 e. The van der Waals surface area contributed by atoms with Crippen LogP contribution in [0, 0.1) is 17.8 Å². The molecular formula is C42H71N11O13. The summed E-state index contributed by atoms with van der Waals surface area (Å²) in [6.45, 7) is 10.9. The number of aliphatic carboxylic acids is 1. The van der Waals surface area contributed by atoms with E-state index in [0.717, 1.165) is 0 Å². The Morgan fingerprint density at radius 1 is 0.636 bits per heavy atom. The summed E-state index contributed by atoms with van der Waals surface area (Å²) in [5.74, 6) is -8.58. The number of carbonyl (C=O) groups excluding carboxylic acids is 10. The predicted molar refractivity (Wildman–Crippen MR) is 236 cm³/mol. The van der Waals surface area contributed by atoms with Crippen molar-refractivity contribution in [1.82, 2.24) is 52.8 Å². The van der Waals surface area contributed by atoms with Crippen molar-refractivity contribution < 1.29 is 63.0 Å². The number of nitrogens with two attached hydrogens (primary N) is 1. The van der Waals surface area contributed by atoms with Crippen LogP contribution in [0.4, 0.5) is 0 Å². The van der Waals surface area contributed by atoms with E-state index in [-0.39, 0.29) is 69.4 Å². The topological polar surface area (TPSA) is 366 Å². The molecule has 0 aromatic heterocycles. The van der Waals surface area contributed by atoms with E-state index in [0.29, 0.717) is 12.8 Å². The molecule has 2 rings (SSSR count). The number of amides is 10. The average Bonchev–Trinajstić information content (AvgIpc) is 3.91. The van der Waals surface area contributed by atoms with Gasteiger partial charge < -0.3 is 68.7 Å². The first-order chi connectivity index (χ1) is 30.9. The van der Waals surface area contributed by atoms with Crippen molar-refractivity contribution in [3.05, 3.63) is 0 Å². The van der Waals surface area contributed by atoms with Gasteiger partial charge in [-0.1, -0.05) is 41.5 Å². The summed E-state index contributed by atoms with van der Waals surface area (Å²) in [5, 5.41) is 41.9. The molecule has 2 heterocycles. The summed E-state index contributed by atoms with van der Waals surface area (Å²) in [6, 6.07) is -7.64. The number of nitrogens with one attached hydrogen (secondary N) is 9. The fraction of sp³-hybridized carbons (Fsp3) is 0.738. The molecule has 8 atom stereocenters. The highest BCUT2D eigenvalue weighted by Gasteiger charge is 2.37. The predicted octanol–water partition coefficient (Wildman–Crippen LogP) is -4.02. The van der Waals surface area contributed by atoms with Crippen molar-refractivity contribution in [3.63, 3.8) is 0 Å². The zero-order valence-corrected chi connectivity index (χ0v) is 39.0. The van der Waals surface area contributed by atoms with Gasteiger partial charge >= 0.3 is 5.97 Å². The van der Waals surface area contributed by atoms with Crippen LogP contribution in [0.2, 0.25) is 0 Å². The Labute approximate surface area is 384 Å². The molecule has 0 spiro atoms. The van der Waals surface area contributed by atoms with Gasteiger partial charge in [0.2, 0.25) is 59.1 Å². The van der Waals surface area contributed by atoms with Gasteiger partial charge in [0, 0.05) is 19.5 Å². The third-order valence-electron chi connectivity index (χ3n) is 10.7. The van der Waals surface area contributed by atoms with E-state index >= 15 is 0 Å². The van der Waals surface area contributed by atoms with Gasteiger partial charge in [0.25, 0.3) is 0 Å². The molecule has 372 valence electrons. The second-order valence-electron chi connectivity index (χ2n) is 18.1. The standard InChI is InChI=1S/C42H71N11O13/c1-21(2)13-28(51-39(62)26(10-11-32(43)55)49-33(56)18-45-37(60)27-16-25(54)17-44-27)38(61)46-19-34(57)50-29(14-22(3)4)40(63)48-24(7)36(59)47-20-35(58)53-12-8-9-31(53)41(64)52-30(42(65)66)15-23(5)6/h21-31,44,54H,8-20H2,1-7H3,(H2,43,55)(H,45,60)(H,46,61)(H,47,59)(H,48,63)(H,49,56)(H,50,57)(H,51,62)(H,52,64)(H,65,66)/t24-,25+,26-,27-,28-,29-,30-,31-/m0/s1. The van der Waals surface area contributed by atoms with Crippen LogP contribution >= 0.6 is 0 Å². The van der Waals surface area contributed by atoms with E-state index in [1.54, 1.807) is 27.7 Å². The Morgan fingerprint density at radius 2 is 1.17 bits per heavy atom. The minimum absolute atomic E-state index is 0.00735. The van der Waals surface area contributed by atoms with E-state index < -0.39 is 133 Å². The summed E-state index contributed by atoms with van der Waals surface area (Å²) in [7, 11) is 0. The van der Waals surface area contributed by atoms with Gasteiger partial charge in [-0.25, -0.2) is 4.79 Å². The molecule has 2 aliphatic heterocycles. The lowest BCUT2D eigenvalue weighted by atomic mass is 10.0. The van der Waals surface area contributed by atoms with Gasteiger partial charge in [-0.05, 0) is 69.6 Å². The number of rotatable bonds is 27. The summed E-state index contributed by atoms with van der Waals surface area (Å²) in [5.41, 5.74) is 5.28. The number of primary amides is 1. The zero-order chi connectivity index (χ0) is 49.8. The number of hydrogen-bond acceptors (Lipinski definition) is 13. The SMILES string of the molecule is CC(C)C[C@H](NC(=O)[C@@H]1CCCN1C(=O)CNC(=O)[C@H](C)NC(=O)[C@H](CC(C)C)NC(=O)CNC(=O)[C@H](CC(C)C)NC(=O)[C@H](CCC(N)=O)NC(=O)CNC(=O)[C@@H]1C[C@@H](O)CN1)C(=O)O. The lowest BCUT2D eigenvalue weighted by Crippen LogP contribution is -2.57. The highest BCUT2D eigenvalue weighted by molar-refractivity contribution is 5.97. The normalized spacial score (nSPS) is 19.1. The maximum atomic E-state index is 13.4. The second-order valence-corrected chi connectivity index (χ2v) is 18.1. The number of hydrogen-bond donors (Lipinski definition) is 12. The number of carboxylic acid groups (broad SMARTS) is 1. The average molecular weight is 938 g/mol. The molecule has 10 amide bonds. The van der Waals surface area contributed by atoms with E-state index in [1.807, 2.05) is 13.8 Å². The van der Waals surface area contributed by atoms with Crippen molar-refractivity contribution in [2.24, 2.45) is 23.5 Å². The first kappa shape index (κ1) is 56.2. The van der Waals surface area contributed by atoms with Crippen molar-refractivity contribution in [1.29, 1.82) is 0 Å². The molecule has 24 nitrogen and oxygen atoms in total. The Kier molecular flexibility index (Phi) is 23.5. The monoisotopic (exact) mass is 938 g/mol. The minimum atomic E-state index is -1.34. The third-order valence-corrected chi connectivity index (χ3v) is 10.7. The first-order valence-corrected chi connectivity index (χ1v) is 22.4. The van der Waals surface area contributed by atoms with Crippen molar-refractivity contribution >= 4 is 65.0 Å². The van der Waals surface area contributed by atoms with Crippen LogP contribution in [0.15, 0.2) is 0 Å². The van der Waals surface area contributed by atoms with Crippen LogP contribution in [0.5, 0.6) is 0 Å². The van der Waals surface area contributed by atoms with Gasteiger partial charge in [-0.2, -0.15) is 0 Å². The molecule has 66 heavy (non-hydrogen) atoms. The van der Waals surface area contributed by atoms with E-state index in [1.165, 1.54) is 11.8 Å². The highest BCUT2D eigenvalue weighted by Crippen LogP contribution is 2.18. The number of carboxylic acids is 1. The zero-order valence-electron chi connectivity index (χ0n) is 39.0. The van der Waals surface area contributed by atoms with Crippen molar-refractivity contribution in [2.75, 3.05) is 32.7 Å². The Hall–Kier alpha value is -5.91. The molecule has 0 radical (unpaired) electrons. The van der Waals surface area contributed by atoms with Crippen LogP contribution in [0.3, 0.4) is 0 Å². The summed E-state index contributed by atoms with van der Waals surface area (Å²) >= 11 is 0. The van der Waals surface area contributed by atoms with Crippen molar-refractivity contribution in [3.8, 4) is 0 Å². The molecule has 2 aliphatic rings. The molecular weight excluding hydrogens is 867 g/mol. The molecule has 13 N–H and O–H groups in total. The molecule has 2 fully saturated rings. The summed E-state index contributed by atoms with van der Waals surface area (Å²) in [6.07, 6.45) is 0.138. The maximum Gasteiger partial charge on any atom is 0.326 e. The van der Waals surface area contributed by atoms with Crippen LogP contribution in [0.1, 0.15) is 99.8 Å². The quantitative estimate of drug-likeness (QED) is 0.0374. The van der Waals surface area contributed by atoms with E-state index in [4.69, 9.17) is 5.73 Å². The minimum Gasteiger partial charge on any atom is -0.480 e. The third kappa shape index (κ3) is 20.1. The highest BCUT2D eigenvalue weighted by atomic mass is 16.4. The van der Waals surface area contributed by atoms with Crippen LogP contribution in [-0.2, 0) is 52.7 Å². The van der Waals surface area contributed by atoms with E-state index in [9.17, 15) is 63.0 Å². The van der Waals surface area contributed by atoms with Gasteiger partial charge in [-0.3, -0.25) is 47.9 Å². The number of aliphatic hydroxyl groups excluding tert-OH is 1. The number of likely N-dealkylation sites (tertiary alicyclic amines) is 1. The maximum absolute atomic E-state index is 13.4. The fourth-order valence-corrected chi connectivity index (χ4v) is 7.32. The molecule has 0 aromatic rings. The van der Waals surface area contributed by atoms with Gasteiger partial charge in [0.15, 0.2) is 0 Å². The number of carbonyl (C=O) groups is 11. The van der Waals surface area contributed by atoms with E-state index in [2.05, 4.69) is 47.9 Å². The lowest BCUT2D eigenvalue weighted by Gasteiger charge is -2.26. The molecule has 0 unspecified atom stereocenters. The molecule has 0 saturated carbocycles. The second kappa shape index (κ2) is 27.5. The van der Waals surface area contributed by atoms with Crippen LogP contribution in [0.25, 0.3) is 0 Å². The lowest BCUT2D eigenvalue weighted by molar-refractivity contribution is -0.144. The number of β-amino-alcohol motifs (C(OH)–C–C–N with tert-alkyl or cyclic N) is 1. The van der Waals surface area contributed by atoms with Gasteiger partial charge in [-0.15, -0.1) is 0 Å². The first-order valence-electron chi connectivity index (χ1n) is 22.4. The van der Waals surface area contributed by atoms with Crippen LogP contribution in [-0.4, -0.2) is 161 Å².